The SMILES string of the molecule is CC[C@@H](C)Nc1ccccn1. The third-order valence-corrected chi connectivity index (χ3v) is 1.67. The minimum absolute atomic E-state index is 0.505. The van der Waals surface area contributed by atoms with Crippen LogP contribution in [0.15, 0.2) is 24.4 Å². The van der Waals surface area contributed by atoms with Crippen LogP contribution in [-0.2, 0) is 0 Å². The first-order valence-electron chi connectivity index (χ1n) is 4.00. The smallest absolute Gasteiger partial charge is 0.126 e. The Morgan fingerprint density at radius 3 is 2.91 bits per heavy atom. The second-order valence-corrected chi connectivity index (χ2v) is 2.67. The molecule has 0 aliphatic carbocycles. The van der Waals surface area contributed by atoms with Crippen molar-refractivity contribution in [2.45, 2.75) is 26.3 Å². The first-order chi connectivity index (χ1) is 5.33. The van der Waals surface area contributed by atoms with Gasteiger partial charge < -0.3 is 5.32 Å². The standard InChI is InChI=1S/C9H14N2/c1-3-8(2)11-9-6-4-5-7-10-9/h4-8H,3H2,1-2H3,(H,10,11)/t8-/m1/s1. The highest BCUT2D eigenvalue weighted by atomic mass is 15.0. The number of anilines is 1. The molecule has 1 atom stereocenters. The van der Waals surface area contributed by atoms with E-state index in [1.54, 1.807) is 6.20 Å². The van der Waals surface area contributed by atoms with Crippen LogP contribution in [0.25, 0.3) is 0 Å². The van der Waals surface area contributed by atoms with Gasteiger partial charge in [-0.25, -0.2) is 4.98 Å². The number of hydrogen-bond acceptors (Lipinski definition) is 2. The highest BCUT2D eigenvalue weighted by molar-refractivity contribution is 5.33. The summed E-state index contributed by atoms with van der Waals surface area (Å²) in [5.74, 6) is 0.960. The summed E-state index contributed by atoms with van der Waals surface area (Å²) in [7, 11) is 0. The molecule has 0 radical (unpaired) electrons. The van der Waals surface area contributed by atoms with Crippen molar-refractivity contribution in [1.29, 1.82) is 0 Å². The zero-order chi connectivity index (χ0) is 8.10. The first kappa shape index (κ1) is 8.05. The van der Waals surface area contributed by atoms with Crippen molar-refractivity contribution in [2.24, 2.45) is 0 Å². The van der Waals surface area contributed by atoms with Gasteiger partial charge in [0.1, 0.15) is 5.82 Å². The molecule has 1 aromatic heterocycles. The molecule has 0 aliphatic rings. The second kappa shape index (κ2) is 3.96. The average molecular weight is 150 g/mol. The van der Waals surface area contributed by atoms with Crippen LogP contribution in [0.1, 0.15) is 20.3 Å². The van der Waals surface area contributed by atoms with Crippen molar-refractivity contribution in [3.05, 3.63) is 24.4 Å². The summed E-state index contributed by atoms with van der Waals surface area (Å²) in [6.07, 6.45) is 2.92. The zero-order valence-electron chi connectivity index (χ0n) is 7.04. The lowest BCUT2D eigenvalue weighted by molar-refractivity contribution is 0.759. The lowest BCUT2D eigenvalue weighted by Gasteiger charge is -2.10. The normalized spacial score (nSPS) is 12.5. The monoisotopic (exact) mass is 150 g/mol. The fourth-order valence-electron chi connectivity index (χ4n) is 0.803. The third-order valence-electron chi connectivity index (χ3n) is 1.67. The van der Waals surface area contributed by atoms with Crippen molar-refractivity contribution in [1.82, 2.24) is 4.98 Å². The molecular formula is C9H14N2. The van der Waals surface area contributed by atoms with E-state index in [1.807, 2.05) is 18.2 Å². The molecule has 1 N–H and O–H groups in total. The Morgan fingerprint density at radius 1 is 1.55 bits per heavy atom. The molecular weight excluding hydrogens is 136 g/mol. The largest absolute Gasteiger partial charge is 0.368 e. The van der Waals surface area contributed by atoms with Gasteiger partial charge in [-0.1, -0.05) is 13.0 Å². The van der Waals surface area contributed by atoms with Gasteiger partial charge in [0, 0.05) is 12.2 Å². The van der Waals surface area contributed by atoms with E-state index in [2.05, 4.69) is 24.1 Å². The van der Waals surface area contributed by atoms with Crippen LogP contribution in [0.2, 0.25) is 0 Å². The van der Waals surface area contributed by atoms with Gasteiger partial charge in [0.25, 0.3) is 0 Å². The molecule has 1 heterocycles. The van der Waals surface area contributed by atoms with Crippen LogP contribution >= 0.6 is 0 Å². The Morgan fingerprint density at radius 2 is 2.36 bits per heavy atom. The summed E-state index contributed by atoms with van der Waals surface area (Å²) in [6.45, 7) is 4.30. The molecule has 0 bridgehead atoms. The molecule has 0 spiro atoms. The quantitative estimate of drug-likeness (QED) is 0.715. The van der Waals surface area contributed by atoms with Crippen LogP contribution in [0.5, 0.6) is 0 Å². The minimum atomic E-state index is 0.505. The van der Waals surface area contributed by atoms with Gasteiger partial charge in [0.2, 0.25) is 0 Å². The predicted octanol–water partition coefficient (Wildman–Crippen LogP) is 2.29. The summed E-state index contributed by atoms with van der Waals surface area (Å²) in [5, 5.41) is 3.28. The molecule has 2 heteroatoms. The van der Waals surface area contributed by atoms with E-state index >= 15 is 0 Å². The predicted molar refractivity (Wildman–Crippen MR) is 47.6 cm³/mol. The van der Waals surface area contributed by atoms with Crippen LogP contribution < -0.4 is 5.32 Å². The lowest BCUT2D eigenvalue weighted by atomic mass is 10.2. The van der Waals surface area contributed by atoms with Crippen LogP contribution in [0.3, 0.4) is 0 Å². The fourth-order valence-corrected chi connectivity index (χ4v) is 0.803. The van der Waals surface area contributed by atoms with Gasteiger partial charge in [0.05, 0.1) is 0 Å². The highest BCUT2D eigenvalue weighted by Crippen LogP contribution is 2.03. The second-order valence-electron chi connectivity index (χ2n) is 2.67. The maximum absolute atomic E-state index is 4.16. The van der Waals surface area contributed by atoms with Crippen molar-refractivity contribution in [3.8, 4) is 0 Å². The topological polar surface area (TPSA) is 24.9 Å². The van der Waals surface area contributed by atoms with E-state index in [9.17, 15) is 0 Å². The van der Waals surface area contributed by atoms with Crippen molar-refractivity contribution < 1.29 is 0 Å². The van der Waals surface area contributed by atoms with Crippen LogP contribution in [0, 0.1) is 0 Å². The van der Waals surface area contributed by atoms with E-state index in [0.29, 0.717) is 6.04 Å². The summed E-state index contributed by atoms with van der Waals surface area (Å²) in [6, 6.07) is 6.39. The summed E-state index contributed by atoms with van der Waals surface area (Å²) >= 11 is 0. The molecule has 0 fully saturated rings. The molecule has 1 rings (SSSR count). The fraction of sp³-hybridized carbons (Fsp3) is 0.444. The average Bonchev–Trinajstić information content (AvgIpc) is 2.06. The molecule has 2 nitrogen and oxygen atoms in total. The number of aromatic nitrogens is 1. The van der Waals surface area contributed by atoms with E-state index in [-0.39, 0.29) is 0 Å². The van der Waals surface area contributed by atoms with Crippen molar-refractivity contribution in [2.75, 3.05) is 5.32 Å². The van der Waals surface area contributed by atoms with Gasteiger partial charge in [-0.05, 0) is 25.5 Å². The van der Waals surface area contributed by atoms with Crippen molar-refractivity contribution in [3.63, 3.8) is 0 Å². The van der Waals surface area contributed by atoms with E-state index in [4.69, 9.17) is 0 Å². The Balaban J connectivity index is 2.51. The van der Waals surface area contributed by atoms with E-state index < -0.39 is 0 Å². The zero-order valence-corrected chi connectivity index (χ0v) is 7.04. The lowest BCUT2D eigenvalue weighted by Crippen LogP contribution is -2.13. The number of nitrogens with zero attached hydrogens (tertiary/aromatic N) is 1. The Labute approximate surface area is 67.7 Å². The highest BCUT2D eigenvalue weighted by Gasteiger charge is 1.96. The van der Waals surface area contributed by atoms with Crippen LogP contribution in [-0.4, -0.2) is 11.0 Å². The molecule has 1 aromatic rings. The maximum Gasteiger partial charge on any atom is 0.126 e. The Kier molecular flexibility index (Phi) is 2.90. The van der Waals surface area contributed by atoms with E-state index in [1.165, 1.54) is 0 Å². The Bertz CT molecular complexity index is 196. The summed E-state index contributed by atoms with van der Waals surface area (Å²) < 4.78 is 0. The minimum Gasteiger partial charge on any atom is -0.368 e. The van der Waals surface area contributed by atoms with Gasteiger partial charge >= 0.3 is 0 Å². The van der Waals surface area contributed by atoms with Gasteiger partial charge in [0.15, 0.2) is 0 Å². The summed E-state index contributed by atoms with van der Waals surface area (Å²) in [4.78, 5) is 4.16. The number of nitrogens with one attached hydrogen (secondary N) is 1. The van der Waals surface area contributed by atoms with Gasteiger partial charge in [-0.3, -0.25) is 0 Å². The van der Waals surface area contributed by atoms with Gasteiger partial charge in [-0.2, -0.15) is 0 Å². The number of rotatable bonds is 3. The third kappa shape index (κ3) is 2.58. The maximum atomic E-state index is 4.16. The first-order valence-corrected chi connectivity index (χ1v) is 4.00. The van der Waals surface area contributed by atoms with E-state index in [0.717, 1.165) is 12.2 Å². The summed E-state index contributed by atoms with van der Waals surface area (Å²) in [5.41, 5.74) is 0. The molecule has 0 aliphatic heterocycles. The number of pyridine rings is 1. The molecule has 0 saturated carbocycles. The molecule has 11 heavy (non-hydrogen) atoms. The van der Waals surface area contributed by atoms with Crippen LogP contribution in [0.4, 0.5) is 5.82 Å². The Hall–Kier alpha value is -1.05. The number of hydrogen-bond donors (Lipinski definition) is 1. The molecule has 0 saturated heterocycles. The van der Waals surface area contributed by atoms with Gasteiger partial charge in [-0.15, -0.1) is 0 Å². The molecule has 0 unspecified atom stereocenters. The molecule has 0 amide bonds. The van der Waals surface area contributed by atoms with Crippen molar-refractivity contribution >= 4 is 5.82 Å². The molecule has 60 valence electrons. The molecule has 0 aromatic carbocycles.